The zero-order valence-corrected chi connectivity index (χ0v) is 19.9. The van der Waals surface area contributed by atoms with Crippen molar-refractivity contribution in [2.24, 2.45) is 5.92 Å². The van der Waals surface area contributed by atoms with Gasteiger partial charge in [-0.2, -0.15) is 0 Å². The molecule has 34 heavy (non-hydrogen) atoms. The molecule has 2 aromatic heterocycles. The highest BCUT2D eigenvalue weighted by Crippen LogP contribution is 2.45. The molecule has 0 spiro atoms. The lowest BCUT2D eigenvalue weighted by atomic mass is 10.1. The van der Waals surface area contributed by atoms with E-state index >= 15 is 0 Å². The average Bonchev–Trinajstić information content (AvgIpc) is 3.76. The van der Waals surface area contributed by atoms with E-state index in [2.05, 4.69) is 26.7 Å². The number of nitrogens with one attached hydrogen (secondary N) is 1. The van der Waals surface area contributed by atoms with Crippen molar-refractivity contribution in [1.82, 2.24) is 14.9 Å². The Morgan fingerprint density at radius 2 is 2.12 bits per heavy atom. The Hall–Kier alpha value is -3.13. The number of pyridine rings is 2. The molecule has 3 fully saturated rings. The number of nitrogens with zero attached hydrogens (tertiary/aromatic N) is 4. The summed E-state index contributed by atoms with van der Waals surface area (Å²) in [6, 6.07) is 6.10. The van der Waals surface area contributed by atoms with Gasteiger partial charge in [0.1, 0.15) is 5.82 Å². The van der Waals surface area contributed by atoms with E-state index in [1.807, 2.05) is 18.2 Å². The van der Waals surface area contributed by atoms with Crippen LogP contribution in [-0.2, 0) is 9.53 Å². The lowest BCUT2D eigenvalue weighted by molar-refractivity contribution is -0.135. The van der Waals surface area contributed by atoms with Crippen molar-refractivity contribution < 1.29 is 9.53 Å². The number of hydrogen-bond donors (Lipinski definition) is 2. The molecular formula is C26H34N6O2. The van der Waals surface area contributed by atoms with Crippen molar-refractivity contribution in [1.29, 1.82) is 0 Å². The summed E-state index contributed by atoms with van der Waals surface area (Å²) in [4.78, 5) is 26.7. The number of piperazine rings is 1. The predicted molar refractivity (Wildman–Crippen MR) is 135 cm³/mol. The highest BCUT2D eigenvalue weighted by Gasteiger charge is 2.41. The molecule has 8 nitrogen and oxygen atoms in total. The summed E-state index contributed by atoms with van der Waals surface area (Å²) in [5.41, 5.74) is 10.2. The summed E-state index contributed by atoms with van der Waals surface area (Å²) in [6.45, 7) is 6.52. The Labute approximate surface area is 201 Å². The molecule has 1 atom stereocenters. The quantitative estimate of drug-likeness (QED) is 0.585. The number of carbonyl (C=O) groups is 1. The third kappa shape index (κ3) is 4.87. The fourth-order valence-electron chi connectivity index (χ4n) is 4.86. The summed E-state index contributed by atoms with van der Waals surface area (Å²) in [5, 5.41) is 3.43. The molecule has 0 unspecified atom stereocenters. The van der Waals surface area contributed by atoms with E-state index in [9.17, 15) is 4.79 Å². The van der Waals surface area contributed by atoms with Crippen LogP contribution in [-0.4, -0.2) is 60.2 Å². The number of nitrogens with two attached hydrogens (primary N) is 1. The maximum absolute atomic E-state index is 12.8. The number of nitrogen functional groups attached to an aromatic ring is 1. The number of methoxy groups -OCH3 is 1. The van der Waals surface area contributed by atoms with Gasteiger partial charge in [-0.15, -0.1) is 0 Å². The molecule has 1 aliphatic heterocycles. The van der Waals surface area contributed by atoms with Gasteiger partial charge in [0.25, 0.3) is 0 Å². The first-order valence-corrected chi connectivity index (χ1v) is 12.3. The van der Waals surface area contributed by atoms with Crippen molar-refractivity contribution in [2.45, 2.75) is 44.1 Å². The van der Waals surface area contributed by atoms with Crippen molar-refractivity contribution in [3.05, 3.63) is 42.2 Å². The first kappa shape index (κ1) is 22.7. The molecule has 3 aliphatic rings. The number of ether oxygens (including phenoxy) is 1. The third-order valence-corrected chi connectivity index (χ3v) is 7.03. The Bertz CT molecular complexity index is 1070. The number of amides is 1. The highest BCUT2D eigenvalue weighted by atomic mass is 16.5. The first-order chi connectivity index (χ1) is 16.6. The van der Waals surface area contributed by atoms with E-state index in [1.165, 1.54) is 12.8 Å². The van der Waals surface area contributed by atoms with Gasteiger partial charge in [-0.1, -0.05) is 12.7 Å². The lowest BCUT2D eigenvalue weighted by Crippen LogP contribution is -2.56. The summed E-state index contributed by atoms with van der Waals surface area (Å²) in [7, 11) is 1.64. The van der Waals surface area contributed by atoms with Gasteiger partial charge in [0.2, 0.25) is 5.91 Å². The van der Waals surface area contributed by atoms with E-state index in [1.54, 1.807) is 19.4 Å². The van der Waals surface area contributed by atoms with E-state index in [-0.39, 0.29) is 11.9 Å². The molecular weight excluding hydrogens is 428 g/mol. The second kappa shape index (κ2) is 9.62. The van der Waals surface area contributed by atoms with E-state index < -0.39 is 0 Å². The lowest BCUT2D eigenvalue weighted by Gasteiger charge is -2.42. The van der Waals surface area contributed by atoms with Gasteiger partial charge in [-0.3, -0.25) is 4.79 Å². The normalized spacial score (nSPS) is 20.3. The zero-order chi connectivity index (χ0) is 23.7. The summed E-state index contributed by atoms with van der Waals surface area (Å²) in [5.74, 6) is 2.80. The smallest absolute Gasteiger partial charge is 0.225 e. The molecule has 1 saturated heterocycles. The minimum Gasteiger partial charge on any atom is -0.396 e. The van der Waals surface area contributed by atoms with E-state index in [0.717, 1.165) is 54.5 Å². The van der Waals surface area contributed by atoms with Crippen molar-refractivity contribution >= 4 is 35.0 Å². The van der Waals surface area contributed by atoms with Gasteiger partial charge in [0, 0.05) is 38.9 Å². The van der Waals surface area contributed by atoms with Crippen LogP contribution in [0.5, 0.6) is 0 Å². The van der Waals surface area contributed by atoms with Crippen molar-refractivity contribution in [3.63, 3.8) is 0 Å². The molecule has 5 rings (SSSR count). The second-order valence-corrected chi connectivity index (χ2v) is 9.59. The van der Waals surface area contributed by atoms with Crippen LogP contribution in [0, 0.1) is 5.92 Å². The minimum absolute atomic E-state index is 0.187. The number of aromatic nitrogens is 2. The van der Waals surface area contributed by atoms with Gasteiger partial charge in [-0.05, 0) is 55.4 Å². The molecule has 0 bridgehead atoms. The Morgan fingerprint density at radius 1 is 1.29 bits per heavy atom. The minimum atomic E-state index is 0.187. The fourth-order valence-corrected chi connectivity index (χ4v) is 4.86. The Morgan fingerprint density at radius 3 is 2.82 bits per heavy atom. The summed E-state index contributed by atoms with van der Waals surface area (Å²) < 4.78 is 5.13. The van der Waals surface area contributed by atoms with Crippen LogP contribution in [0.2, 0.25) is 0 Å². The van der Waals surface area contributed by atoms with Gasteiger partial charge >= 0.3 is 0 Å². The SMILES string of the molecule is C=Cc1ccnc(Nc2cc(N)c(N3CCN(C(=O)CCOC)[C@H](C4CC4)C3)nc2C2CC2)c1. The molecule has 180 valence electrons. The second-order valence-electron chi connectivity index (χ2n) is 9.59. The van der Waals surface area contributed by atoms with E-state index in [0.29, 0.717) is 37.1 Å². The summed E-state index contributed by atoms with van der Waals surface area (Å²) in [6.07, 6.45) is 8.65. The number of hydrogen-bond acceptors (Lipinski definition) is 7. The van der Waals surface area contributed by atoms with Crippen molar-refractivity contribution in [2.75, 3.05) is 49.3 Å². The molecule has 2 aliphatic carbocycles. The first-order valence-electron chi connectivity index (χ1n) is 12.3. The van der Waals surface area contributed by atoms with Crippen LogP contribution < -0.4 is 16.0 Å². The highest BCUT2D eigenvalue weighted by molar-refractivity contribution is 5.78. The van der Waals surface area contributed by atoms with Crippen molar-refractivity contribution in [3.8, 4) is 0 Å². The van der Waals surface area contributed by atoms with Crippen LogP contribution in [0.1, 0.15) is 49.3 Å². The predicted octanol–water partition coefficient (Wildman–Crippen LogP) is 3.79. The monoisotopic (exact) mass is 462 g/mol. The Kier molecular flexibility index (Phi) is 6.41. The molecule has 2 saturated carbocycles. The topological polar surface area (TPSA) is 96.6 Å². The Balaban J connectivity index is 1.38. The maximum atomic E-state index is 12.8. The van der Waals surface area contributed by atoms with Crippen LogP contribution in [0.25, 0.3) is 6.08 Å². The number of anilines is 4. The van der Waals surface area contributed by atoms with Gasteiger partial charge in [0.05, 0.1) is 36.1 Å². The molecule has 1 amide bonds. The zero-order valence-electron chi connectivity index (χ0n) is 19.9. The van der Waals surface area contributed by atoms with Gasteiger partial charge in [-0.25, -0.2) is 9.97 Å². The third-order valence-electron chi connectivity index (χ3n) is 7.03. The van der Waals surface area contributed by atoms with Gasteiger partial charge in [0.15, 0.2) is 5.82 Å². The molecule has 3 N–H and O–H groups in total. The van der Waals surface area contributed by atoms with E-state index in [4.69, 9.17) is 15.5 Å². The van der Waals surface area contributed by atoms with Crippen LogP contribution >= 0.6 is 0 Å². The maximum Gasteiger partial charge on any atom is 0.225 e. The molecule has 0 radical (unpaired) electrons. The number of carbonyl (C=O) groups excluding carboxylic acids is 1. The molecule has 0 aromatic carbocycles. The number of rotatable bonds is 9. The fraction of sp³-hybridized carbons (Fsp3) is 0.500. The van der Waals surface area contributed by atoms with Crippen LogP contribution in [0.15, 0.2) is 31.0 Å². The van der Waals surface area contributed by atoms with Crippen LogP contribution in [0.3, 0.4) is 0 Å². The molecule has 2 aromatic rings. The van der Waals surface area contributed by atoms with Crippen LogP contribution in [0.4, 0.5) is 23.0 Å². The largest absolute Gasteiger partial charge is 0.396 e. The molecule has 8 heteroatoms. The van der Waals surface area contributed by atoms with Gasteiger partial charge < -0.3 is 25.6 Å². The summed E-state index contributed by atoms with van der Waals surface area (Å²) >= 11 is 0. The average molecular weight is 463 g/mol. The standard InChI is InChI=1S/C26H34N6O2/c1-3-17-8-10-28-23(14-17)29-21-15-20(27)26(30-25(21)19-6-7-19)31-11-12-32(24(33)9-13-34-2)22(16-31)18-4-5-18/h3,8,10,14-15,18-19,22H,1,4-7,9,11-13,16,27H2,2H3,(H,28,29)/t22-/m0/s1. The molecule has 3 heterocycles.